The third kappa shape index (κ3) is 4.19. The topological polar surface area (TPSA) is 81.5 Å². The molecule has 0 spiro atoms. The Morgan fingerprint density at radius 2 is 2.08 bits per heavy atom. The highest BCUT2D eigenvalue weighted by Gasteiger charge is 2.35. The molecule has 7 nitrogen and oxygen atoms in total. The molecule has 0 bridgehead atoms. The van der Waals surface area contributed by atoms with Crippen LogP contribution in [0.25, 0.3) is 0 Å². The van der Waals surface area contributed by atoms with Gasteiger partial charge in [-0.1, -0.05) is 18.2 Å². The summed E-state index contributed by atoms with van der Waals surface area (Å²) in [6.45, 7) is 2.68. The molecule has 1 atom stereocenters. The third-order valence-corrected chi connectivity index (χ3v) is 5.85. The van der Waals surface area contributed by atoms with Gasteiger partial charge in [-0.15, -0.1) is 0 Å². The first kappa shape index (κ1) is 17.5. The number of aromatic nitrogens is 2. The first-order valence-electron chi connectivity index (χ1n) is 8.18. The van der Waals surface area contributed by atoms with Crippen LogP contribution in [0.4, 0.5) is 0 Å². The Morgan fingerprint density at radius 3 is 2.76 bits per heavy atom. The van der Waals surface area contributed by atoms with Gasteiger partial charge in [0.25, 0.3) is 5.91 Å². The predicted molar refractivity (Wildman–Crippen MR) is 92.9 cm³/mol. The van der Waals surface area contributed by atoms with Gasteiger partial charge in [-0.2, -0.15) is 5.10 Å². The molecule has 134 valence electrons. The summed E-state index contributed by atoms with van der Waals surface area (Å²) >= 11 is 0. The van der Waals surface area contributed by atoms with Gasteiger partial charge in [0.2, 0.25) is 0 Å². The Labute approximate surface area is 147 Å². The van der Waals surface area contributed by atoms with Crippen LogP contribution in [0.15, 0.2) is 42.7 Å². The Balaban J connectivity index is 1.75. The number of rotatable bonds is 5. The van der Waals surface area contributed by atoms with Crippen LogP contribution in [0.5, 0.6) is 5.75 Å². The second-order valence-electron chi connectivity index (χ2n) is 5.95. The van der Waals surface area contributed by atoms with Gasteiger partial charge in [0.1, 0.15) is 5.75 Å². The number of aryl methyl sites for hydroxylation is 1. The average Bonchev–Trinajstić information content (AvgIpc) is 3.09. The lowest BCUT2D eigenvalue weighted by Gasteiger charge is -2.34. The lowest BCUT2D eigenvalue weighted by molar-refractivity contribution is -0.135. The van der Waals surface area contributed by atoms with Crippen LogP contribution < -0.4 is 4.74 Å². The van der Waals surface area contributed by atoms with Crippen LogP contribution in [0, 0.1) is 0 Å². The molecule has 1 amide bonds. The normalized spacial score (nSPS) is 19.6. The standard InChI is InChI=1S/C17H21N3O4S/c1-2-19-11-14(10-18-19)16-13-25(22,23)9-8-20(16)17(21)12-24-15-6-4-3-5-7-15/h3-7,10-11,16H,2,8-9,12-13H2,1H3/t16-/m1/s1. The average molecular weight is 363 g/mol. The maximum atomic E-state index is 12.6. The summed E-state index contributed by atoms with van der Waals surface area (Å²) in [4.78, 5) is 14.2. The number of hydrogen-bond donors (Lipinski definition) is 0. The third-order valence-electron chi connectivity index (χ3n) is 4.22. The van der Waals surface area contributed by atoms with Crippen molar-refractivity contribution in [3.63, 3.8) is 0 Å². The second-order valence-corrected chi connectivity index (χ2v) is 8.18. The molecule has 1 aliphatic heterocycles. The zero-order valence-corrected chi connectivity index (χ0v) is 14.9. The summed E-state index contributed by atoms with van der Waals surface area (Å²) in [7, 11) is -3.18. The number of nitrogens with zero attached hydrogens (tertiary/aromatic N) is 3. The van der Waals surface area contributed by atoms with E-state index in [1.54, 1.807) is 34.1 Å². The van der Waals surface area contributed by atoms with Crippen molar-refractivity contribution in [1.82, 2.24) is 14.7 Å². The Bertz CT molecular complexity index is 833. The molecule has 8 heteroatoms. The van der Waals surface area contributed by atoms with E-state index in [0.717, 1.165) is 5.56 Å². The lowest BCUT2D eigenvalue weighted by Crippen LogP contribution is -2.47. The molecular formula is C17H21N3O4S. The maximum absolute atomic E-state index is 12.6. The molecule has 3 rings (SSSR count). The summed E-state index contributed by atoms with van der Waals surface area (Å²) in [5, 5.41) is 4.20. The fourth-order valence-electron chi connectivity index (χ4n) is 2.85. The van der Waals surface area contributed by atoms with E-state index in [2.05, 4.69) is 5.10 Å². The van der Waals surface area contributed by atoms with Crippen molar-refractivity contribution in [2.45, 2.75) is 19.5 Å². The molecule has 1 saturated heterocycles. The SMILES string of the molecule is CCn1cc([C@H]2CS(=O)(=O)CCN2C(=O)COc2ccccc2)cn1. The molecule has 0 radical (unpaired) electrons. The van der Waals surface area contributed by atoms with E-state index in [1.165, 1.54) is 0 Å². The van der Waals surface area contributed by atoms with E-state index in [1.807, 2.05) is 25.1 Å². The van der Waals surface area contributed by atoms with Gasteiger partial charge in [0, 0.05) is 24.8 Å². The minimum atomic E-state index is -3.18. The molecule has 1 fully saturated rings. The number of benzene rings is 1. The minimum absolute atomic E-state index is 0.0253. The molecule has 0 aliphatic carbocycles. The molecule has 0 saturated carbocycles. The zero-order valence-electron chi connectivity index (χ0n) is 14.0. The van der Waals surface area contributed by atoms with Crippen molar-refractivity contribution < 1.29 is 17.9 Å². The van der Waals surface area contributed by atoms with E-state index < -0.39 is 15.9 Å². The van der Waals surface area contributed by atoms with Crippen molar-refractivity contribution in [2.24, 2.45) is 0 Å². The fourth-order valence-corrected chi connectivity index (χ4v) is 4.35. The lowest BCUT2D eigenvalue weighted by atomic mass is 10.1. The molecule has 2 aromatic rings. The maximum Gasteiger partial charge on any atom is 0.261 e. The molecule has 0 N–H and O–H groups in total. The second kappa shape index (κ2) is 7.26. The first-order valence-corrected chi connectivity index (χ1v) is 10.0. The van der Waals surface area contributed by atoms with Gasteiger partial charge in [-0.25, -0.2) is 8.42 Å². The monoisotopic (exact) mass is 363 g/mol. The number of hydrogen-bond acceptors (Lipinski definition) is 5. The number of carbonyl (C=O) groups excluding carboxylic acids is 1. The summed E-state index contributed by atoms with van der Waals surface area (Å²) in [6, 6.07) is 8.55. The minimum Gasteiger partial charge on any atom is -0.484 e. The number of para-hydroxylation sites is 1. The summed E-state index contributed by atoms with van der Waals surface area (Å²) in [5.74, 6) is 0.269. The molecule has 0 unspecified atom stereocenters. The zero-order chi connectivity index (χ0) is 17.9. The van der Waals surface area contributed by atoms with Crippen LogP contribution in [-0.2, 0) is 21.2 Å². The Morgan fingerprint density at radius 1 is 1.32 bits per heavy atom. The van der Waals surface area contributed by atoms with Crippen molar-refractivity contribution >= 4 is 15.7 Å². The summed E-state index contributed by atoms with van der Waals surface area (Å²) < 4.78 is 31.4. The van der Waals surface area contributed by atoms with Crippen LogP contribution in [0.3, 0.4) is 0 Å². The van der Waals surface area contributed by atoms with Crippen LogP contribution in [-0.4, -0.2) is 53.7 Å². The summed E-state index contributed by atoms with van der Waals surface area (Å²) in [6.07, 6.45) is 3.43. The molecule has 1 aliphatic rings. The van der Waals surface area contributed by atoms with Gasteiger partial charge >= 0.3 is 0 Å². The highest BCUT2D eigenvalue weighted by Crippen LogP contribution is 2.27. The number of amides is 1. The largest absolute Gasteiger partial charge is 0.484 e. The molecular weight excluding hydrogens is 342 g/mol. The molecule has 1 aromatic carbocycles. The van der Waals surface area contributed by atoms with E-state index in [4.69, 9.17) is 4.74 Å². The van der Waals surface area contributed by atoms with Gasteiger partial charge in [-0.3, -0.25) is 9.48 Å². The number of carbonyl (C=O) groups is 1. The van der Waals surface area contributed by atoms with E-state index in [9.17, 15) is 13.2 Å². The molecule has 1 aromatic heterocycles. The van der Waals surface area contributed by atoms with Crippen molar-refractivity contribution in [1.29, 1.82) is 0 Å². The van der Waals surface area contributed by atoms with E-state index in [-0.39, 0.29) is 30.6 Å². The molecule has 2 heterocycles. The molecule has 25 heavy (non-hydrogen) atoms. The van der Waals surface area contributed by atoms with E-state index in [0.29, 0.717) is 12.3 Å². The van der Waals surface area contributed by atoms with E-state index >= 15 is 0 Å². The Kier molecular flexibility index (Phi) is 5.08. The van der Waals surface area contributed by atoms with Crippen LogP contribution in [0.1, 0.15) is 18.5 Å². The van der Waals surface area contributed by atoms with Gasteiger partial charge in [0.15, 0.2) is 16.4 Å². The van der Waals surface area contributed by atoms with Crippen molar-refractivity contribution in [3.05, 3.63) is 48.3 Å². The van der Waals surface area contributed by atoms with Crippen molar-refractivity contribution in [3.8, 4) is 5.75 Å². The van der Waals surface area contributed by atoms with Gasteiger partial charge in [-0.05, 0) is 19.1 Å². The Hall–Kier alpha value is -2.35. The highest BCUT2D eigenvalue weighted by atomic mass is 32.2. The van der Waals surface area contributed by atoms with Gasteiger partial charge < -0.3 is 9.64 Å². The fraction of sp³-hybridized carbons (Fsp3) is 0.412. The van der Waals surface area contributed by atoms with Crippen LogP contribution >= 0.6 is 0 Å². The highest BCUT2D eigenvalue weighted by molar-refractivity contribution is 7.91. The summed E-state index contributed by atoms with van der Waals surface area (Å²) in [5.41, 5.74) is 0.734. The van der Waals surface area contributed by atoms with Gasteiger partial charge in [0.05, 0.1) is 23.7 Å². The predicted octanol–water partition coefficient (Wildman–Crippen LogP) is 1.28. The van der Waals surface area contributed by atoms with Crippen molar-refractivity contribution in [2.75, 3.05) is 24.7 Å². The van der Waals surface area contributed by atoms with Crippen LogP contribution in [0.2, 0.25) is 0 Å². The number of ether oxygens (including phenoxy) is 1. The first-order chi connectivity index (χ1) is 12.0. The number of sulfone groups is 1. The quantitative estimate of drug-likeness (QED) is 0.799. The smallest absolute Gasteiger partial charge is 0.261 e.